The van der Waals surface area contributed by atoms with E-state index in [0.717, 1.165) is 44.7 Å². The van der Waals surface area contributed by atoms with Gasteiger partial charge >= 0.3 is 0 Å². The highest BCUT2D eigenvalue weighted by molar-refractivity contribution is 7.98. The standard InChI is InChI=1S/C23H18ClN5S/c1-15-6-11-20(25-12-15)21-13-26-23(29(21)17-9-7-16(24)8-10-17)30-14-22-27-18-4-2-3-5-19(18)28-22/h2-13H,14H2,1H3,(H,27,28). The second kappa shape index (κ2) is 7.97. The van der Waals surface area contributed by atoms with E-state index in [1.165, 1.54) is 0 Å². The van der Waals surface area contributed by atoms with Crippen LogP contribution in [0.15, 0.2) is 78.2 Å². The average molecular weight is 432 g/mol. The molecule has 0 atom stereocenters. The molecule has 0 aliphatic heterocycles. The van der Waals surface area contributed by atoms with E-state index in [-0.39, 0.29) is 0 Å². The first kappa shape index (κ1) is 18.9. The van der Waals surface area contributed by atoms with Gasteiger partial charge in [-0.25, -0.2) is 9.97 Å². The van der Waals surface area contributed by atoms with Crippen molar-refractivity contribution in [2.24, 2.45) is 0 Å². The molecule has 0 aliphatic carbocycles. The van der Waals surface area contributed by atoms with Gasteiger partial charge in [0.05, 0.1) is 34.4 Å². The number of hydrogen-bond acceptors (Lipinski definition) is 4. The Kier molecular flexibility index (Phi) is 5.02. The van der Waals surface area contributed by atoms with Crippen LogP contribution >= 0.6 is 23.4 Å². The second-order valence-electron chi connectivity index (χ2n) is 6.95. The molecular formula is C23H18ClN5S. The van der Waals surface area contributed by atoms with Crippen molar-refractivity contribution < 1.29 is 0 Å². The summed E-state index contributed by atoms with van der Waals surface area (Å²) in [5.74, 6) is 1.60. The molecule has 7 heteroatoms. The zero-order valence-electron chi connectivity index (χ0n) is 16.2. The van der Waals surface area contributed by atoms with Gasteiger partial charge in [0.1, 0.15) is 5.82 Å². The minimum atomic E-state index is 0.681. The first-order valence-electron chi connectivity index (χ1n) is 9.50. The number of thioether (sulfide) groups is 1. The van der Waals surface area contributed by atoms with Crippen LogP contribution in [0.3, 0.4) is 0 Å². The van der Waals surface area contributed by atoms with Crippen LogP contribution in [-0.4, -0.2) is 24.5 Å². The minimum absolute atomic E-state index is 0.681. The zero-order chi connectivity index (χ0) is 20.5. The fourth-order valence-corrected chi connectivity index (χ4v) is 4.27. The molecule has 0 spiro atoms. The van der Waals surface area contributed by atoms with Crippen molar-refractivity contribution in [2.45, 2.75) is 17.8 Å². The van der Waals surface area contributed by atoms with Crippen molar-refractivity contribution >= 4 is 34.4 Å². The lowest BCUT2D eigenvalue weighted by Gasteiger charge is -2.11. The summed E-state index contributed by atoms with van der Waals surface area (Å²) >= 11 is 7.74. The summed E-state index contributed by atoms with van der Waals surface area (Å²) in [6.07, 6.45) is 3.74. The number of H-pyrrole nitrogens is 1. The highest BCUT2D eigenvalue weighted by Gasteiger charge is 2.16. The summed E-state index contributed by atoms with van der Waals surface area (Å²) in [4.78, 5) is 17.3. The molecule has 5 rings (SSSR count). The van der Waals surface area contributed by atoms with E-state index >= 15 is 0 Å². The molecule has 0 saturated carbocycles. The summed E-state index contributed by atoms with van der Waals surface area (Å²) in [7, 11) is 0. The van der Waals surface area contributed by atoms with Crippen LogP contribution in [-0.2, 0) is 5.75 Å². The number of benzene rings is 2. The molecule has 148 valence electrons. The molecule has 3 aromatic heterocycles. The van der Waals surface area contributed by atoms with Crippen molar-refractivity contribution in [3.63, 3.8) is 0 Å². The lowest BCUT2D eigenvalue weighted by atomic mass is 10.2. The van der Waals surface area contributed by atoms with Gasteiger partial charge in [-0.1, -0.05) is 41.6 Å². The Bertz CT molecular complexity index is 1270. The topological polar surface area (TPSA) is 59.4 Å². The Morgan fingerprint density at radius 3 is 2.57 bits per heavy atom. The van der Waals surface area contributed by atoms with Crippen LogP contribution in [0.25, 0.3) is 28.1 Å². The maximum absolute atomic E-state index is 6.11. The third-order valence-electron chi connectivity index (χ3n) is 4.76. The Morgan fingerprint density at radius 2 is 1.80 bits per heavy atom. The van der Waals surface area contributed by atoms with Gasteiger partial charge in [0, 0.05) is 16.9 Å². The number of pyridine rings is 1. The molecular weight excluding hydrogens is 414 g/mol. The number of aromatic nitrogens is 5. The monoisotopic (exact) mass is 431 g/mol. The molecule has 5 aromatic rings. The van der Waals surface area contributed by atoms with Gasteiger partial charge in [0.25, 0.3) is 0 Å². The number of aryl methyl sites for hydroxylation is 1. The van der Waals surface area contributed by atoms with Crippen LogP contribution in [0.2, 0.25) is 5.02 Å². The van der Waals surface area contributed by atoms with Crippen molar-refractivity contribution in [1.29, 1.82) is 0 Å². The van der Waals surface area contributed by atoms with Crippen LogP contribution in [0.5, 0.6) is 0 Å². The van der Waals surface area contributed by atoms with Gasteiger partial charge in [-0.15, -0.1) is 0 Å². The fourth-order valence-electron chi connectivity index (χ4n) is 3.28. The van der Waals surface area contributed by atoms with E-state index in [1.54, 1.807) is 11.8 Å². The fraction of sp³-hybridized carbons (Fsp3) is 0.0870. The number of para-hydroxylation sites is 2. The molecule has 0 saturated heterocycles. The molecule has 5 nitrogen and oxygen atoms in total. The number of nitrogens with one attached hydrogen (secondary N) is 1. The Balaban J connectivity index is 1.52. The quantitative estimate of drug-likeness (QED) is 0.343. The third kappa shape index (κ3) is 3.72. The number of fused-ring (bicyclic) bond motifs is 1. The summed E-state index contributed by atoms with van der Waals surface area (Å²) in [5.41, 5.74) is 5.93. The van der Waals surface area contributed by atoms with Gasteiger partial charge in [0.15, 0.2) is 5.16 Å². The first-order chi connectivity index (χ1) is 14.7. The molecule has 0 radical (unpaired) electrons. The summed E-state index contributed by atoms with van der Waals surface area (Å²) in [5, 5.41) is 1.57. The number of nitrogens with zero attached hydrogens (tertiary/aromatic N) is 4. The molecule has 3 heterocycles. The third-order valence-corrected chi connectivity index (χ3v) is 5.98. The molecule has 30 heavy (non-hydrogen) atoms. The van der Waals surface area contributed by atoms with E-state index in [1.807, 2.05) is 73.9 Å². The second-order valence-corrected chi connectivity index (χ2v) is 8.33. The van der Waals surface area contributed by atoms with E-state index in [9.17, 15) is 0 Å². The number of rotatable bonds is 5. The summed E-state index contributed by atoms with van der Waals surface area (Å²) in [6, 6.07) is 19.9. The van der Waals surface area contributed by atoms with Crippen molar-refractivity contribution in [2.75, 3.05) is 0 Å². The minimum Gasteiger partial charge on any atom is -0.341 e. The van der Waals surface area contributed by atoms with Gasteiger partial charge in [-0.2, -0.15) is 0 Å². The van der Waals surface area contributed by atoms with E-state index in [4.69, 9.17) is 16.6 Å². The van der Waals surface area contributed by atoms with E-state index in [2.05, 4.69) is 25.6 Å². The smallest absolute Gasteiger partial charge is 0.173 e. The zero-order valence-corrected chi connectivity index (χ0v) is 17.8. The van der Waals surface area contributed by atoms with Crippen LogP contribution < -0.4 is 0 Å². The normalized spacial score (nSPS) is 11.3. The molecule has 0 amide bonds. The predicted octanol–water partition coefficient (Wildman–Crippen LogP) is 6.06. The van der Waals surface area contributed by atoms with Gasteiger partial charge in [-0.05, 0) is 55.0 Å². The maximum atomic E-state index is 6.11. The molecule has 1 N–H and O–H groups in total. The van der Waals surface area contributed by atoms with E-state index in [0.29, 0.717) is 10.8 Å². The van der Waals surface area contributed by atoms with Crippen LogP contribution in [0.4, 0.5) is 0 Å². The molecule has 0 fully saturated rings. The average Bonchev–Trinajstić information content (AvgIpc) is 3.37. The van der Waals surface area contributed by atoms with Crippen molar-refractivity contribution in [3.8, 4) is 17.1 Å². The number of imidazole rings is 2. The van der Waals surface area contributed by atoms with Gasteiger partial charge in [0.2, 0.25) is 0 Å². The molecule has 0 aliphatic rings. The summed E-state index contributed by atoms with van der Waals surface area (Å²) < 4.78 is 2.11. The lowest BCUT2D eigenvalue weighted by Crippen LogP contribution is -2.00. The Morgan fingerprint density at radius 1 is 0.967 bits per heavy atom. The van der Waals surface area contributed by atoms with Crippen LogP contribution in [0, 0.1) is 6.92 Å². The lowest BCUT2D eigenvalue weighted by molar-refractivity contribution is 0.895. The van der Waals surface area contributed by atoms with Crippen molar-refractivity contribution in [3.05, 3.63) is 89.5 Å². The van der Waals surface area contributed by atoms with Gasteiger partial charge < -0.3 is 4.98 Å². The highest BCUT2D eigenvalue weighted by atomic mass is 35.5. The summed E-state index contributed by atoms with van der Waals surface area (Å²) in [6.45, 7) is 2.03. The Labute approximate surface area is 183 Å². The van der Waals surface area contributed by atoms with E-state index < -0.39 is 0 Å². The highest BCUT2D eigenvalue weighted by Crippen LogP contribution is 2.31. The predicted molar refractivity (Wildman–Crippen MR) is 122 cm³/mol. The number of hydrogen-bond donors (Lipinski definition) is 1. The van der Waals surface area contributed by atoms with Crippen molar-refractivity contribution in [1.82, 2.24) is 24.5 Å². The first-order valence-corrected chi connectivity index (χ1v) is 10.9. The number of aromatic amines is 1. The SMILES string of the molecule is Cc1ccc(-c2cnc(SCc3nc4ccccc4[nH]3)n2-c2ccc(Cl)cc2)nc1. The maximum Gasteiger partial charge on any atom is 0.173 e. The largest absolute Gasteiger partial charge is 0.341 e. The van der Waals surface area contributed by atoms with Crippen LogP contribution in [0.1, 0.15) is 11.4 Å². The molecule has 0 unspecified atom stereocenters. The number of halogens is 1. The molecule has 2 aromatic carbocycles. The Hall–Kier alpha value is -3.09. The molecule has 0 bridgehead atoms. The van der Waals surface area contributed by atoms with Gasteiger partial charge in [-0.3, -0.25) is 9.55 Å².